The summed E-state index contributed by atoms with van der Waals surface area (Å²) in [6.07, 6.45) is 0. The maximum absolute atomic E-state index is 6.31. The Bertz CT molecular complexity index is 3140. The van der Waals surface area contributed by atoms with Crippen LogP contribution in [-0.4, -0.2) is 9.97 Å². The number of hydrogen-bond acceptors (Lipinski definition) is 3. The van der Waals surface area contributed by atoms with Gasteiger partial charge in [0.25, 0.3) is 0 Å². The molecule has 268 valence electrons. The van der Waals surface area contributed by atoms with Crippen LogP contribution in [0.4, 0.5) is 0 Å². The van der Waals surface area contributed by atoms with Crippen molar-refractivity contribution in [3.8, 4) is 67.3 Å². The lowest BCUT2D eigenvalue weighted by Gasteiger charge is -2.28. The van der Waals surface area contributed by atoms with Crippen LogP contribution in [0.25, 0.3) is 89.2 Å². The number of furan rings is 1. The fourth-order valence-corrected chi connectivity index (χ4v) is 8.91. The van der Waals surface area contributed by atoms with Crippen molar-refractivity contribution in [3.05, 3.63) is 217 Å². The summed E-state index contributed by atoms with van der Waals surface area (Å²) in [5, 5.41) is 2.23. The molecule has 1 unspecified atom stereocenters. The summed E-state index contributed by atoms with van der Waals surface area (Å²) in [4.78, 5) is 10.5. The van der Waals surface area contributed by atoms with Crippen molar-refractivity contribution in [3.63, 3.8) is 0 Å². The van der Waals surface area contributed by atoms with E-state index in [1.165, 1.54) is 33.4 Å². The van der Waals surface area contributed by atoms with E-state index in [1.54, 1.807) is 0 Å². The molecule has 1 aliphatic rings. The van der Waals surface area contributed by atoms with Gasteiger partial charge in [0.2, 0.25) is 0 Å². The van der Waals surface area contributed by atoms with Crippen LogP contribution in [0.5, 0.6) is 0 Å². The van der Waals surface area contributed by atoms with Gasteiger partial charge in [0.05, 0.1) is 11.4 Å². The van der Waals surface area contributed by atoms with Crippen LogP contribution in [0.1, 0.15) is 23.6 Å². The number of benzene rings is 8. The molecule has 0 saturated carbocycles. The van der Waals surface area contributed by atoms with Crippen molar-refractivity contribution < 1.29 is 4.42 Å². The topological polar surface area (TPSA) is 38.9 Å². The van der Waals surface area contributed by atoms with E-state index in [-0.39, 0.29) is 5.41 Å². The van der Waals surface area contributed by atoms with Gasteiger partial charge in [-0.15, -0.1) is 0 Å². The van der Waals surface area contributed by atoms with Crippen LogP contribution < -0.4 is 0 Å². The molecule has 0 amide bonds. The van der Waals surface area contributed by atoms with Gasteiger partial charge < -0.3 is 4.42 Å². The largest absolute Gasteiger partial charge is 0.456 e. The van der Waals surface area contributed by atoms with Crippen molar-refractivity contribution in [2.75, 3.05) is 0 Å². The zero-order valence-electron chi connectivity index (χ0n) is 31.4. The number of aromatic nitrogens is 2. The van der Waals surface area contributed by atoms with Gasteiger partial charge in [-0.25, -0.2) is 9.97 Å². The van der Waals surface area contributed by atoms with Gasteiger partial charge in [-0.3, -0.25) is 0 Å². The third-order valence-electron chi connectivity index (χ3n) is 11.8. The maximum Gasteiger partial charge on any atom is 0.160 e. The first-order valence-corrected chi connectivity index (χ1v) is 19.5. The maximum atomic E-state index is 6.31. The van der Waals surface area contributed by atoms with Crippen LogP contribution in [0.3, 0.4) is 0 Å². The molecule has 11 rings (SSSR count). The highest BCUT2D eigenvalue weighted by Gasteiger charge is 2.40. The van der Waals surface area contributed by atoms with E-state index in [0.29, 0.717) is 5.82 Å². The van der Waals surface area contributed by atoms with Crippen molar-refractivity contribution in [2.45, 2.75) is 12.3 Å². The fourth-order valence-electron chi connectivity index (χ4n) is 8.91. The van der Waals surface area contributed by atoms with Crippen molar-refractivity contribution >= 4 is 21.9 Å². The molecule has 2 aromatic heterocycles. The Hall–Kier alpha value is -7.36. The Morgan fingerprint density at radius 3 is 1.84 bits per heavy atom. The van der Waals surface area contributed by atoms with Crippen LogP contribution in [0.2, 0.25) is 0 Å². The fraction of sp³-hybridized carbons (Fsp3) is 0.0370. The van der Waals surface area contributed by atoms with E-state index in [2.05, 4.69) is 177 Å². The molecule has 0 bridgehead atoms. The summed E-state index contributed by atoms with van der Waals surface area (Å²) in [6, 6.07) is 71.1. The molecular formula is C54H36N2O. The van der Waals surface area contributed by atoms with Crippen LogP contribution in [0, 0.1) is 0 Å². The van der Waals surface area contributed by atoms with E-state index in [0.717, 1.165) is 66.7 Å². The summed E-state index contributed by atoms with van der Waals surface area (Å²) in [5.41, 5.74) is 17.3. The van der Waals surface area contributed by atoms with E-state index in [9.17, 15) is 0 Å². The number of hydrogen-bond donors (Lipinski definition) is 0. The first-order valence-electron chi connectivity index (χ1n) is 19.5. The van der Waals surface area contributed by atoms with Crippen molar-refractivity contribution in [1.29, 1.82) is 0 Å². The molecule has 0 fully saturated rings. The smallest absolute Gasteiger partial charge is 0.160 e. The minimum Gasteiger partial charge on any atom is -0.456 e. The van der Waals surface area contributed by atoms with E-state index in [1.807, 2.05) is 30.3 Å². The van der Waals surface area contributed by atoms with Gasteiger partial charge in [0.1, 0.15) is 11.2 Å². The van der Waals surface area contributed by atoms with Gasteiger partial charge in [0, 0.05) is 32.9 Å². The zero-order chi connectivity index (χ0) is 37.9. The van der Waals surface area contributed by atoms with Crippen LogP contribution in [-0.2, 0) is 5.41 Å². The molecule has 1 atom stereocenters. The summed E-state index contributed by atoms with van der Waals surface area (Å²) in [5.74, 6) is 0.685. The monoisotopic (exact) mass is 728 g/mol. The first kappa shape index (κ1) is 33.0. The third kappa shape index (κ3) is 5.43. The highest BCUT2D eigenvalue weighted by molar-refractivity contribution is 6.06. The quantitative estimate of drug-likeness (QED) is 0.171. The molecule has 10 aromatic rings. The standard InChI is InChI=1S/C54H36N2O/c1-54(40-19-6-3-7-20-40)47-25-12-10-22-42(47)43-29-27-37(32-48(43)54)36-17-14-18-39(31-36)49-34-50(56-53(55-49)35-15-4-2-5-16-35)44-23-9-8-21-41(44)38-28-30-46-45-24-11-13-26-51(45)57-52(46)33-38/h2-34H,1H3. The van der Waals surface area contributed by atoms with E-state index in [4.69, 9.17) is 14.4 Å². The Balaban J connectivity index is 1.04. The summed E-state index contributed by atoms with van der Waals surface area (Å²) in [7, 11) is 0. The minimum absolute atomic E-state index is 0.269. The van der Waals surface area contributed by atoms with Gasteiger partial charge in [-0.1, -0.05) is 164 Å². The first-order chi connectivity index (χ1) is 28.1. The van der Waals surface area contributed by atoms with Crippen LogP contribution in [0.15, 0.2) is 205 Å². The normalized spacial score (nSPS) is 14.5. The predicted octanol–water partition coefficient (Wildman–Crippen LogP) is 14.0. The molecule has 0 radical (unpaired) electrons. The average molecular weight is 729 g/mol. The molecule has 2 heterocycles. The van der Waals surface area contributed by atoms with Crippen LogP contribution >= 0.6 is 0 Å². The average Bonchev–Trinajstić information content (AvgIpc) is 3.79. The van der Waals surface area contributed by atoms with Crippen molar-refractivity contribution in [2.24, 2.45) is 0 Å². The Kier molecular flexibility index (Phi) is 7.61. The van der Waals surface area contributed by atoms with E-state index < -0.39 is 0 Å². The van der Waals surface area contributed by atoms with E-state index >= 15 is 0 Å². The summed E-state index contributed by atoms with van der Waals surface area (Å²) >= 11 is 0. The lowest BCUT2D eigenvalue weighted by Crippen LogP contribution is -2.22. The second kappa shape index (κ2) is 13.1. The second-order valence-corrected chi connectivity index (χ2v) is 15.1. The molecule has 3 heteroatoms. The Labute approximate surface area is 331 Å². The molecule has 57 heavy (non-hydrogen) atoms. The molecule has 0 saturated heterocycles. The Morgan fingerprint density at radius 1 is 0.368 bits per heavy atom. The zero-order valence-corrected chi connectivity index (χ0v) is 31.4. The number of fused-ring (bicyclic) bond motifs is 6. The minimum atomic E-state index is -0.269. The van der Waals surface area contributed by atoms with Gasteiger partial charge >= 0.3 is 0 Å². The number of para-hydroxylation sites is 1. The lowest BCUT2D eigenvalue weighted by atomic mass is 9.74. The highest BCUT2D eigenvalue weighted by Crippen LogP contribution is 2.53. The molecule has 0 N–H and O–H groups in total. The number of nitrogens with zero attached hydrogens (tertiary/aromatic N) is 2. The Morgan fingerprint density at radius 2 is 0.982 bits per heavy atom. The SMILES string of the molecule is CC1(c2ccccc2)c2ccccc2-c2ccc(-c3cccc(-c4cc(-c5ccccc5-c5ccc6c(c5)oc5ccccc56)nc(-c5ccccc5)n4)c3)cc21. The van der Waals surface area contributed by atoms with Gasteiger partial charge in [-0.05, 0) is 93.4 Å². The molecule has 0 aliphatic heterocycles. The molecule has 3 nitrogen and oxygen atoms in total. The second-order valence-electron chi connectivity index (χ2n) is 15.1. The van der Waals surface area contributed by atoms with Gasteiger partial charge in [0.15, 0.2) is 5.82 Å². The summed E-state index contributed by atoms with van der Waals surface area (Å²) < 4.78 is 6.31. The third-order valence-corrected chi connectivity index (χ3v) is 11.8. The lowest BCUT2D eigenvalue weighted by molar-refractivity contribution is 0.669. The molecule has 8 aromatic carbocycles. The predicted molar refractivity (Wildman–Crippen MR) is 234 cm³/mol. The summed E-state index contributed by atoms with van der Waals surface area (Å²) in [6.45, 7) is 2.37. The highest BCUT2D eigenvalue weighted by atomic mass is 16.3. The van der Waals surface area contributed by atoms with Crippen molar-refractivity contribution in [1.82, 2.24) is 9.97 Å². The molecular weight excluding hydrogens is 693 g/mol. The van der Waals surface area contributed by atoms with Gasteiger partial charge in [-0.2, -0.15) is 0 Å². The molecule has 1 aliphatic carbocycles. The number of rotatable bonds is 6. The molecule has 0 spiro atoms.